The van der Waals surface area contributed by atoms with Gasteiger partial charge in [-0.1, -0.05) is 0 Å². The van der Waals surface area contributed by atoms with Gasteiger partial charge in [-0.2, -0.15) is 0 Å². The molecule has 0 bridgehead atoms. The Hall–Kier alpha value is -0.120. The molecule has 0 atom stereocenters. The second kappa shape index (κ2) is 3.32. The molecule has 1 N–H and O–H groups in total. The van der Waals surface area contributed by atoms with E-state index < -0.39 is 0 Å². The Morgan fingerprint density at radius 2 is 2.00 bits per heavy atom. The van der Waals surface area contributed by atoms with Gasteiger partial charge in [-0.3, -0.25) is 0 Å². The summed E-state index contributed by atoms with van der Waals surface area (Å²) in [5.74, 6) is 0.500. The highest BCUT2D eigenvalue weighted by molar-refractivity contribution is 4.87. The first-order chi connectivity index (χ1) is 5.85. The maximum absolute atomic E-state index is 8.95. The fourth-order valence-corrected chi connectivity index (χ4v) is 2.16. The summed E-state index contributed by atoms with van der Waals surface area (Å²) in [5.41, 5.74) is 0.0195. The van der Waals surface area contributed by atoms with Crippen LogP contribution >= 0.6 is 0 Å². The van der Waals surface area contributed by atoms with E-state index in [0.29, 0.717) is 12.5 Å². The zero-order chi connectivity index (χ0) is 8.44. The lowest BCUT2D eigenvalue weighted by atomic mass is 9.78. The van der Waals surface area contributed by atoms with Crippen molar-refractivity contribution in [3.05, 3.63) is 0 Å². The Bertz CT molecular complexity index is 142. The maximum atomic E-state index is 8.95. The van der Waals surface area contributed by atoms with Crippen LogP contribution in [-0.2, 0) is 9.78 Å². The second-order valence-corrected chi connectivity index (χ2v) is 3.96. The van der Waals surface area contributed by atoms with Crippen molar-refractivity contribution in [3.8, 4) is 0 Å². The lowest BCUT2D eigenvalue weighted by Gasteiger charge is -2.33. The summed E-state index contributed by atoms with van der Waals surface area (Å²) in [7, 11) is 0. The summed E-state index contributed by atoms with van der Waals surface area (Å²) >= 11 is 0. The fraction of sp³-hybridized carbons (Fsp3) is 1.00. The Labute approximate surface area is 72.6 Å². The number of rotatable bonds is 1. The summed E-state index contributed by atoms with van der Waals surface area (Å²) in [5, 5.41) is 8.95. The van der Waals surface area contributed by atoms with Gasteiger partial charge in [0.15, 0.2) is 0 Å². The quantitative estimate of drug-likeness (QED) is 0.605. The average Bonchev–Trinajstić information content (AvgIpc) is 2.55. The molecule has 0 amide bonds. The molecule has 1 aliphatic carbocycles. The van der Waals surface area contributed by atoms with Gasteiger partial charge in [0, 0.05) is 13.0 Å². The van der Waals surface area contributed by atoms with Gasteiger partial charge in [0.25, 0.3) is 0 Å². The Kier molecular flexibility index (Phi) is 2.35. The summed E-state index contributed by atoms with van der Waals surface area (Å²) < 4.78 is 0. The normalized spacial score (nSPS) is 42.2. The second-order valence-electron chi connectivity index (χ2n) is 3.96. The van der Waals surface area contributed by atoms with Crippen molar-refractivity contribution in [1.29, 1.82) is 0 Å². The average molecular weight is 172 g/mol. The molecule has 0 aromatic carbocycles. The first-order valence-electron chi connectivity index (χ1n) is 4.76. The third-order valence-corrected chi connectivity index (χ3v) is 3.15. The molecule has 0 unspecified atom stereocenters. The van der Waals surface area contributed by atoms with Gasteiger partial charge in [-0.05, 0) is 31.6 Å². The predicted molar refractivity (Wildman–Crippen MR) is 43.4 cm³/mol. The van der Waals surface area contributed by atoms with Crippen LogP contribution in [0.5, 0.6) is 0 Å². The van der Waals surface area contributed by atoms with Gasteiger partial charge < -0.3 is 5.11 Å². The smallest absolute Gasteiger partial charge is 0.106 e. The largest absolute Gasteiger partial charge is 0.396 e. The van der Waals surface area contributed by atoms with Crippen LogP contribution in [-0.4, -0.2) is 23.9 Å². The molecule has 2 aliphatic rings. The van der Waals surface area contributed by atoms with Gasteiger partial charge in [0.1, 0.15) is 5.60 Å². The van der Waals surface area contributed by atoms with E-state index in [9.17, 15) is 0 Å². The highest BCUT2D eigenvalue weighted by Gasteiger charge is 2.40. The van der Waals surface area contributed by atoms with Gasteiger partial charge in [0.2, 0.25) is 0 Å². The summed E-state index contributed by atoms with van der Waals surface area (Å²) in [6.07, 6.45) is 5.31. The van der Waals surface area contributed by atoms with Crippen LogP contribution < -0.4 is 0 Å². The van der Waals surface area contributed by atoms with E-state index in [1.54, 1.807) is 0 Å². The van der Waals surface area contributed by atoms with Crippen molar-refractivity contribution >= 4 is 0 Å². The first kappa shape index (κ1) is 8.48. The van der Waals surface area contributed by atoms with Crippen molar-refractivity contribution in [2.24, 2.45) is 5.92 Å². The molecule has 1 aliphatic heterocycles. The maximum Gasteiger partial charge on any atom is 0.106 e. The van der Waals surface area contributed by atoms with Crippen molar-refractivity contribution in [3.63, 3.8) is 0 Å². The van der Waals surface area contributed by atoms with Crippen LogP contribution in [0.15, 0.2) is 0 Å². The highest BCUT2D eigenvalue weighted by Crippen LogP contribution is 2.40. The minimum atomic E-state index is 0.0195. The third kappa shape index (κ3) is 1.49. The van der Waals surface area contributed by atoms with Crippen LogP contribution in [0.3, 0.4) is 0 Å². The van der Waals surface area contributed by atoms with Crippen molar-refractivity contribution in [2.45, 2.75) is 37.7 Å². The molecular weight excluding hydrogens is 156 g/mol. The zero-order valence-electron chi connectivity index (χ0n) is 7.29. The van der Waals surface area contributed by atoms with Crippen LogP contribution in [0, 0.1) is 5.92 Å². The zero-order valence-corrected chi connectivity index (χ0v) is 7.29. The van der Waals surface area contributed by atoms with Crippen LogP contribution in [0.2, 0.25) is 0 Å². The Morgan fingerprint density at radius 3 is 2.50 bits per heavy atom. The van der Waals surface area contributed by atoms with Crippen LogP contribution in [0.4, 0.5) is 0 Å². The van der Waals surface area contributed by atoms with Gasteiger partial charge in [0.05, 0.1) is 6.61 Å². The van der Waals surface area contributed by atoms with Crippen molar-refractivity contribution in [1.82, 2.24) is 0 Å². The standard InChI is InChI=1S/C9H16O3/c10-7-8-1-3-9(4-2-8)5-6-11-12-9/h8,10H,1-7H2. The van der Waals surface area contributed by atoms with Crippen molar-refractivity contribution < 1.29 is 14.9 Å². The minimum absolute atomic E-state index is 0.0195. The number of aliphatic hydroxyl groups is 1. The molecule has 3 nitrogen and oxygen atoms in total. The summed E-state index contributed by atoms with van der Waals surface area (Å²) in [6.45, 7) is 1.07. The monoisotopic (exact) mass is 172 g/mol. The molecule has 2 fully saturated rings. The van der Waals surface area contributed by atoms with Crippen molar-refractivity contribution in [2.75, 3.05) is 13.2 Å². The van der Waals surface area contributed by atoms with E-state index in [1.165, 1.54) is 0 Å². The van der Waals surface area contributed by atoms with E-state index in [2.05, 4.69) is 0 Å². The predicted octanol–water partition coefficient (Wildman–Crippen LogP) is 1.26. The van der Waals surface area contributed by atoms with Gasteiger partial charge >= 0.3 is 0 Å². The third-order valence-electron chi connectivity index (χ3n) is 3.15. The number of hydrogen-bond acceptors (Lipinski definition) is 3. The Balaban J connectivity index is 1.88. The SMILES string of the molecule is OCC1CCC2(CCOO2)CC1. The number of aliphatic hydroxyl groups excluding tert-OH is 1. The molecule has 0 aromatic rings. The van der Waals surface area contributed by atoms with E-state index in [4.69, 9.17) is 14.9 Å². The molecular formula is C9H16O3. The lowest BCUT2D eigenvalue weighted by Crippen LogP contribution is -2.34. The molecule has 12 heavy (non-hydrogen) atoms. The van der Waals surface area contributed by atoms with E-state index in [-0.39, 0.29) is 5.60 Å². The molecule has 1 saturated carbocycles. The van der Waals surface area contributed by atoms with Crippen LogP contribution in [0.1, 0.15) is 32.1 Å². The van der Waals surface area contributed by atoms with Crippen LogP contribution in [0.25, 0.3) is 0 Å². The fourth-order valence-electron chi connectivity index (χ4n) is 2.16. The Morgan fingerprint density at radius 1 is 1.25 bits per heavy atom. The number of hydrogen-bond donors (Lipinski definition) is 1. The van der Waals surface area contributed by atoms with Gasteiger partial charge in [-0.15, -0.1) is 0 Å². The highest BCUT2D eigenvalue weighted by atomic mass is 17.2. The molecule has 0 aromatic heterocycles. The van der Waals surface area contributed by atoms with E-state index >= 15 is 0 Å². The topological polar surface area (TPSA) is 38.7 Å². The lowest BCUT2D eigenvalue weighted by molar-refractivity contribution is -0.315. The molecule has 1 saturated heterocycles. The molecule has 2 rings (SSSR count). The summed E-state index contributed by atoms with van der Waals surface area (Å²) in [6, 6.07) is 0. The minimum Gasteiger partial charge on any atom is -0.396 e. The summed E-state index contributed by atoms with van der Waals surface area (Å²) in [4.78, 5) is 10.2. The molecule has 1 heterocycles. The molecule has 1 spiro atoms. The van der Waals surface area contributed by atoms with E-state index in [1.807, 2.05) is 0 Å². The molecule has 0 radical (unpaired) electrons. The van der Waals surface area contributed by atoms with Gasteiger partial charge in [-0.25, -0.2) is 9.78 Å². The first-order valence-corrected chi connectivity index (χ1v) is 4.76. The molecule has 3 heteroatoms. The molecule has 70 valence electrons. The van der Waals surface area contributed by atoms with E-state index in [0.717, 1.165) is 38.7 Å².